The van der Waals surface area contributed by atoms with Gasteiger partial charge in [0.25, 0.3) is 0 Å². The lowest BCUT2D eigenvalue weighted by molar-refractivity contribution is -0.138. The van der Waals surface area contributed by atoms with Gasteiger partial charge >= 0.3 is 12.4 Å². The molecular formula is C19H15F6N5OS. The van der Waals surface area contributed by atoms with Gasteiger partial charge in [0, 0.05) is 26.1 Å². The van der Waals surface area contributed by atoms with Crippen LogP contribution in [0.2, 0.25) is 0 Å². The van der Waals surface area contributed by atoms with Crippen LogP contribution >= 0.6 is 11.8 Å². The van der Waals surface area contributed by atoms with Crippen molar-refractivity contribution in [1.29, 1.82) is 0 Å². The third kappa shape index (κ3) is 5.78. The van der Waals surface area contributed by atoms with Crippen molar-refractivity contribution >= 4 is 17.7 Å². The summed E-state index contributed by atoms with van der Waals surface area (Å²) in [6.45, 7) is 1.48. The van der Waals surface area contributed by atoms with Crippen molar-refractivity contribution < 1.29 is 31.1 Å². The molecule has 1 N–H and O–H groups in total. The number of carbonyl (C=O) groups excluding carboxylic acids is 1. The maximum Gasteiger partial charge on any atom is 0.417 e. The SMILES string of the molecule is CC(=O)NCCc1nnc(Sc2ccc(C(F)(F)F)cn2)n1-c1cccc(C(F)(F)F)c1. The van der Waals surface area contributed by atoms with E-state index in [-0.39, 0.29) is 40.6 Å². The summed E-state index contributed by atoms with van der Waals surface area (Å²) in [4.78, 5) is 14.9. The average molecular weight is 475 g/mol. The molecule has 0 spiro atoms. The largest absolute Gasteiger partial charge is 0.417 e. The van der Waals surface area contributed by atoms with Gasteiger partial charge in [-0.15, -0.1) is 10.2 Å². The van der Waals surface area contributed by atoms with Crippen molar-refractivity contribution in [2.45, 2.75) is 35.9 Å². The minimum absolute atomic E-state index is 0.106. The maximum absolute atomic E-state index is 13.2. The Morgan fingerprint density at radius 2 is 1.75 bits per heavy atom. The molecule has 0 saturated carbocycles. The third-order valence-electron chi connectivity index (χ3n) is 4.11. The number of halogens is 6. The predicted molar refractivity (Wildman–Crippen MR) is 102 cm³/mol. The van der Waals surface area contributed by atoms with Crippen LogP contribution in [-0.2, 0) is 23.6 Å². The molecule has 3 rings (SSSR count). The summed E-state index contributed by atoms with van der Waals surface area (Å²) >= 11 is 0.845. The zero-order chi connectivity index (χ0) is 23.5. The molecule has 2 aromatic heterocycles. The molecule has 3 aromatic rings. The summed E-state index contributed by atoms with van der Waals surface area (Å²) in [5, 5.41) is 10.8. The Labute approximate surface area is 182 Å². The molecule has 6 nitrogen and oxygen atoms in total. The van der Waals surface area contributed by atoms with E-state index >= 15 is 0 Å². The van der Waals surface area contributed by atoms with Crippen LogP contribution in [0, 0.1) is 0 Å². The molecule has 0 fully saturated rings. The Bertz CT molecular complexity index is 1090. The number of nitrogens with one attached hydrogen (secondary N) is 1. The van der Waals surface area contributed by atoms with Gasteiger partial charge in [0.2, 0.25) is 11.1 Å². The van der Waals surface area contributed by atoms with Crippen LogP contribution in [0.1, 0.15) is 23.9 Å². The van der Waals surface area contributed by atoms with Crippen LogP contribution in [0.3, 0.4) is 0 Å². The first-order valence-electron chi connectivity index (χ1n) is 9.02. The topological polar surface area (TPSA) is 72.7 Å². The van der Waals surface area contributed by atoms with E-state index in [0.717, 1.165) is 36.0 Å². The monoisotopic (exact) mass is 475 g/mol. The highest BCUT2D eigenvalue weighted by molar-refractivity contribution is 7.99. The number of aromatic nitrogens is 4. The lowest BCUT2D eigenvalue weighted by Gasteiger charge is -2.13. The second kappa shape index (κ2) is 9.18. The van der Waals surface area contributed by atoms with Crippen molar-refractivity contribution in [2.24, 2.45) is 0 Å². The molecule has 0 aliphatic heterocycles. The summed E-state index contributed by atoms with van der Waals surface area (Å²) in [6, 6.07) is 6.45. The van der Waals surface area contributed by atoms with Crippen LogP contribution in [0.5, 0.6) is 0 Å². The van der Waals surface area contributed by atoms with Crippen LogP contribution < -0.4 is 5.32 Å². The lowest BCUT2D eigenvalue weighted by atomic mass is 10.2. The highest BCUT2D eigenvalue weighted by atomic mass is 32.2. The fraction of sp³-hybridized carbons (Fsp3) is 0.263. The van der Waals surface area contributed by atoms with Gasteiger partial charge < -0.3 is 5.32 Å². The zero-order valence-electron chi connectivity index (χ0n) is 16.3. The molecule has 13 heteroatoms. The molecule has 1 amide bonds. The van der Waals surface area contributed by atoms with Gasteiger partial charge in [-0.05, 0) is 42.1 Å². The number of nitrogens with zero attached hydrogens (tertiary/aromatic N) is 4. The molecule has 2 heterocycles. The lowest BCUT2D eigenvalue weighted by Crippen LogP contribution is -2.23. The number of hydrogen-bond acceptors (Lipinski definition) is 5. The number of amides is 1. The number of rotatable bonds is 6. The van der Waals surface area contributed by atoms with Gasteiger partial charge in [-0.2, -0.15) is 26.3 Å². The Morgan fingerprint density at radius 3 is 2.34 bits per heavy atom. The number of hydrogen-bond donors (Lipinski definition) is 1. The van der Waals surface area contributed by atoms with E-state index in [4.69, 9.17) is 0 Å². The van der Waals surface area contributed by atoms with Gasteiger partial charge in [-0.1, -0.05) is 6.07 Å². The second-order valence-electron chi connectivity index (χ2n) is 6.50. The molecule has 170 valence electrons. The first-order valence-corrected chi connectivity index (χ1v) is 9.84. The van der Waals surface area contributed by atoms with Gasteiger partial charge in [-0.3, -0.25) is 9.36 Å². The molecule has 0 bridgehead atoms. The van der Waals surface area contributed by atoms with Gasteiger partial charge in [0.1, 0.15) is 10.9 Å². The minimum Gasteiger partial charge on any atom is -0.356 e. The van der Waals surface area contributed by atoms with E-state index in [1.54, 1.807) is 0 Å². The highest BCUT2D eigenvalue weighted by Crippen LogP contribution is 2.34. The Balaban J connectivity index is 1.98. The van der Waals surface area contributed by atoms with Crippen molar-refractivity contribution in [2.75, 3.05) is 6.54 Å². The van der Waals surface area contributed by atoms with E-state index < -0.39 is 23.5 Å². The van der Waals surface area contributed by atoms with Crippen LogP contribution in [-0.4, -0.2) is 32.2 Å². The quantitative estimate of drug-likeness (QED) is 0.531. The van der Waals surface area contributed by atoms with Crippen molar-refractivity contribution in [3.05, 3.63) is 59.5 Å². The summed E-state index contributed by atoms with van der Waals surface area (Å²) in [5.41, 5.74) is -1.71. The molecule has 0 saturated heterocycles. The van der Waals surface area contributed by atoms with Gasteiger partial charge in [-0.25, -0.2) is 4.98 Å². The average Bonchev–Trinajstić information content (AvgIpc) is 3.09. The van der Waals surface area contributed by atoms with E-state index in [1.165, 1.54) is 23.6 Å². The molecule has 1 aromatic carbocycles. The summed E-state index contributed by atoms with van der Waals surface area (Å²) in [6.07, 6.45) is -8.32. The van der Waals surface area contributed by atoms with Crippen molar-refractivity contribution in [3.63, 3.8) is 0 Å². The molecule has 0 unspecified atom stereocenters. The van der Waals surface area contributed by atoms with E-state index in [0.29, 0.717) is 6.20 Å². The maximum atomic E-state index is 13.2. The van der Waals surface area contributed by atoms with Crippen LogP contribution in [0.4, 0.5) is 26.3 Å². The van der Waals surface area contributed by atoms with E-state index in [2.05, 4.69) is 20.5 Å². The predicted octanol–water partition coefficient (Wildman–Crippen LogP) is 4.53. The molecule has 0 aliphatic rings. The first kappa shape index (κ1) is 23.6. The minimum atomic E-state index is -4.58. The molecule has 32 heavy (non-hydrogen) atoms. The summed E-state index contributed by atoms with van der Waals surface area (Å²) in [7, 11) is 0. The van der Waals surface area contributed by atoms with Crippen molar-refractivity contribution in [3.8, 4) is 5.69 Å². The molecule has 0 aliphatic carbocycles. The van der Waals surface area contributed by atoms with Crippen LogP contribution in [0.25, 0.3) is 5.69 Å². The first-order chi connectivity index (χ1) is 14.9. The normalized spacial score (nSPS) is 12.1. The molecule has 0 radical (unpaired) electrons. The standard InChI is InChI=1S/C19H15F6N5OS/c1-11(31)26-8-7-15-28-29-17(32-16-6-5-13(10-27-16)19(23,24)25)30(15)14-4-2-3-12(9-14)18(20,21)22/h2-6,9-10H,7-8H2,1H3,(H,26,31). The third-order valence-corrected chi connectivity index (χ3v) is 5.01. The van der Waals surface area contributed by atoms with E-state index in [9.17, 15) is 31.1 Å². The number of alkyl halides is 6. The molecular weight excluding hydrogens is 460 g/mol. The molecule has 0 atom stereocenters. The van der Waals surface area contributed by atoms with E-state index in [1.807, 2.05) is 0 Å². The van der Waals surface area contributed by atoms with Gasteiger partial charge in [0.05, 0.1) is 16.8 Å². The van der Waals surface area contributed by atoms with Crippen molar-refractivity contribution in [1.82, 2.24) is 25.1 Å². The number of carbonyl (C=O) groups is 1. The van der Waals surface area contributed by atoms with Gasteiger partial charge in [0.15, 0.2) is 0 Å². The highest BCUT2D eigenvalue weighted by Gasteiger charge is 2.32. The number of pyridine rings is 1. The Kier molecular flexibility index (Phi) is 6.77. The van der Waals surface area contributed by atoms with Crippen LogP contribution in [0.15, 0.2) is 52.8 Å². The second-order valence-corrected chi connectivity index (χ2v) is 7.49. The fourth-order valence-electron chi connectivity index (χ4n) is 2.66. The fourth-order valence-corrected chi connectivity index (χ4v) is 3.47. The zero-order valence-corrected chi connectivity index (χ0v) is 17.1. The Hall–Kier alpha value is -3.09. The summed E-state index contributed by atoms with van der Waals surface area (Å²) in [5.74, 6) is -0.0360. The smallest absolute Gasteiger partial charge is 0.356 e. The summed E-state index contributed by atoms with van der Waals surface area (Å²) < 4.78 is 79.2. The Morgan fingerprint density at radius 1 is 1.03 bits per heavy atom. The number of benzene rings is 1.